The van der Waals surface area contributed by atoms with Crippen LogP contribution in [0.5, 0.6) is 0 Å². The highest BCUT2D eigenvalue weighted by molar-refractivity contribution is 4.84. The molecule has 1 saturated carbocycles. The molecule has 1 N–H and O–H groups in total. The fourth-order valence-electron chi connectivity index (χ4n) is 1.97. The van der Waals surface area contributed by atoms with E-state index in [2.05, 4.69) is 38.0 Å². The molecule has 0 saturated heterocycles. The van der Waals surface area contributed by atoms with Gasteiger partial charge in [-0.25, -0.2) is 0 Å². The van der Waals surface area contributed by atoms with Crippen LogP contribution >= 0.6 is 0 Å². The molecule has 1 fully saturated rings. The van der Waals surface area contributed by atoms with E-state index in [0.717, 1.165) is 12.6 Å². The van der Waals surface area contributed by atoms with Crippen molar-refractivity contribution in [2.75, 3.05) is 13.6 Å². The van der Waals surface area contributed by atoms with E-state index in [0.29, 0.717) is 12.1 Å². The number of rotatable bonds is 5. The molecule has 2 heteroatoms. The minimum Gasteiger partial charge on any atom is -0.313 e. The molecule has 2 atom stereocenters. The Labute approximate surface area is 82.7 Å². The second-order valence-electron chi connectivity index (χ2n) is 4.34. The second-order valence-corrected chi connectivity index (χ2v) is 4.34. The molecule has 0 amide bonds. The lowest BCUT2D eigenvalue weighted by atomic mass is 9.90. The van der Waals surface area contributed by atoms with E-state index < -0.39 is 0 Å². The van der Waals surface area contributed by atoms with E-state index in [4.69, 9.17) is 0 Å². The van der Waals surface area contributed by atoms with Gasteiger partial charge >= 0.3 is 0 Å². The summed E-state index contributed by atoms with van der Waals surface area (Å²) in [6.45, 7) is 7.85. The Morgan fingerprint density at radius 3 is 2.38 bits per heavy atom. The van der Waals surface area contributed by atoms with Crippen LogP contribution in [0.3, 0.4) is 0 Å². The smallest absolute Gasteiger partial charge is 0.0218 e. The zero-order chi connectivity index (χ0) is 9.84. The lowest BCUT2D eigenvalue weighted by Crippen LogP contribution is -2.51. The van der Waals surface area contributed by atoms with Gasteiger partial charge in [-0.3, -0.25) is 4.90 Å². The molecule has 0 aromatic rings. The Kier molecular flexibility index (Phi) is 4.20. The van der Waals surface area contributed by atoms with Crippen molar-refractivity contribution in [3.05, 3.63) is 0 Å². The van der Waals surface area contributed by atoms with Gasteiger partial charge in [-0.15, -0.1) is 0 Å². The first-order valence-corrected chi connectivity index (χ1v) is 5.62. The third-order valence-corrected chi connectivity index (χ3v) is 3.54. The Bertz CT molecular complexity index is 143. The molecule has 0 aromatic heterocycles. The summed E-state index contributed by atoms with van der Waals surface area (Å²) >= 11 is 0. The van der Waals surface area contributed by atoms with E-state index in [9.17, 15) is 0 Å². The van der Waals surface area contributed by atoms with Crippen LogP contribution in [0.1, 0.15) is 40.0 Å². The molecule has 1 aliphatic carbocycles. The zero-order valence-corrected chi connectivity index (χ0v) is 9.51. The highest BCUT2D eigenvalue weighted by atomic mass is 15.2. The number of nitrogens with zero attached hydrogens (tertiary/aromatic N) is 1. The van der Waals surface area contributed by atoms with Crippen LogP contribution in [0.15, 0.2) is 0 Å². The molecule has 1 aliphatic rings. The van der Waals surface area contributed by atoms with Crippen LogP contribution in [0.25, 0.3) is 0 Å². The third-order valence-electron chi connectivity index (χ3n) is 3.54. The predicted molar refractivity (Wildman–Crippen MR) is 58.0 cm³/mol. The van der Waals surface area contributed by atoms with E-state index >= 15 is 0 Å². The average molecular weight is 184 g/mol. The van der Waals surface area contributed by atoms with Gasteiger partial charge in [0.1, 0.15) is 0 Å². The Morgan fingerprint density at radius 2 is 2.00 bits per heavy atom. The first-order valence-electron chi connectivity index (χ1n) is 5.62. The maximum Gasteiger partial charge on any atom is 0.0218 e. The summed E-state index contributed by atoms with van der Waals surface area (Å²) in [6, 6.07) is 2.12. The molecule has 0 aliphatic heterocycles. The maximum atomic E-state index is 3.49. The summed E-state index contributed by atoms with van der Waals surface area (Å²) in [4.78, 5) is 2.54. The lowest BCUT2D eigenvalue weighted by molar-refractivity contribution is 0.100. The molecule has 2 nitrogen and oxygen atoms in total. The highest BCUT2D eigenvalue weighted by Gasteiger charge is 2.27. The van der Waals surface area contributed by atoms with Gasteiger partial charge in [0.25, 0.3) is 0 Å². The summed E-state index contributed by atoms with van der Waals surface area (Å²) in [5.41, 5.74) is 0. The van der Waals surface area contributed by atoms with Gasteiger partial charge in [0.05, 0.1) is 0 Å². The Balaban J connectivity index is 2.31. The van der Waals surface area contributed by atoms with Gasteiger partial charge < -0.3 is 5.32 Å². The molecule has 0 aromatic carbocycles. The van der Waals surface area contributed by atoms with Crippen LogP contribution in [0, 0.1) is 0 Å². The monoisotopic (exact) mass is 184 g/mol. The van der Waals surface area contributed by atoms with Gasteiger partial charge in [0.2, 0.25) is 0 Å². The fraction of sp³-hybridized carbons (Fsp3) is 1.00. The molecule has 1 rings (SSSR count). The molecular weight excluding hydrogens is 160 g/mol. The van der Waals surface area contributed by atoms with Crippen molar-refractivity contribution in [3.8, 4) is 0 Å². The molecule has 13 heavy (non-hydrogen) atoms. The summed E-state index contributed by atoms with van der Waals surface area (Å²) in [5.74, 6) is 0. The van der Waals surface area contributed by atoms with Crippen LogP contribution in [-0.4, -0.2) is 36.6 Å². The summed E-state index contributed by atoms with van der Waals surface area (Å²) in [7, 11) is 2.27. The highest BCUT2D eigenvalue weighted by Crippen LogP contribution is 2.25. The number of hydrogen-bond donors (Lipinski definition) is 1. The average Bonchev–Trinajstić information content (AvgIpc) is 2.00. The first kappa shape index (κ1) is 11.0. The fourth-order valence-corrected chi connectivity index (χ4v) is 1.97. The van der Waals surface area contributed by atoms with Crippen molar-refractivity contribution in [1.82, 2.24) is 10.2 Å². The number of hydrogen-bond acceptors (Lipinski definition) is 2. The van der Waals surface area contributed by atoms with Crippen molar-refractivity contribution >= 4 is 0 Å². The van der Waals surface area contributed by atoms with E-state index in [1.54, 1.807) is 0 Å². The normalized spacial score (nSPS) is 22.8. The van der Waals surface area contributed by atoms with E-state index in [1.807, 2.05) is 0 Å². The summed E-state index contributed by atoms with van der Waals surface area (Å²) in [5, 5.41) is 3.49. The molecule has 0 heterocycles. The molecule has 0 bridgehead atoms. The van der Waals surface area contributed by atoms with Gasteiger partial charge in [0, 0.05) is 18.1 Å². The van der Waals surface area contributed by atoms with E-state index in [1.165, 1.54) is 19.3 Å². The van der Waals surface area contributed by atoms with E-state index in [-0.39, 0.29) is 0 Å². The van der Waals surface area contributed by atoms with Crippen molar-refractivity contribution in [2.45, 2.75) is 58.2 Å². The number of nitrogens with one attached hydrogen (secondary N) is 1. The molecule has 78 valence electrons. The minimum atomic E-state index is 0.607. The van der Waals surface area contributed by atoms with Crippen molar-refractivity contribution in [2.24, 2.45) is 0 Å². The zero-order valence-electron chi connectivity index (χ0n) is 9.51. The lowest BCUT2D eigenvalue weighted by Gasteiger charge is -2.41. The quantitative estimate of drug-likeness (QED) is 0.701. The van der Waals surface area contributed by atoms with Crippen LogP contribution in [-0.2, 0) is 0 Å². The van der Waals surface area contributed by atoms with Crippen molar-refractivity contribution < 1.29 is 0 Å². The standard InChI is InChI=1S/C11H24N2/c1-5-12-9(2)10(3)13(4)11-7-6-8-11/h9-12H,5-8H2,1-4H3. The third kappa shape index (κ3) is 2.68. The van der Waals surface area contributed by atoms with Gasteiger partial charge in [-0.05, 0) is 40.3 Å². The maximum absolute atomic E-state index is 3.49. The topological polar surface area (TPSA) is 15.3 Å². The van der Waals surface area contributed by atoms with Crippen molar-refractivity contribution in [1.29, 1.82) is 0 Å². The Hall–Kier alpha value is -0.0800. The molecule has 0 spiro atoms. The number of likely N-dealkylation sites (N-methyl/N-ethyl adjacent to an activating group) is 2. The summed E-state index contributed by atoms with van der Waals surface area (Å²) in [6.07, 6.45) is 4.23. The predicted octanol–water partition coefficient (Wildman–Crippen LogP) is 1.86. The minimum absolute atomic E-state index is 0.607. The second kappa shape index (κ2) is 4.97. The van der Waals surface area contributed by atoms with Crippen LogP contribution < -0.4 is 5.32 Å². The first-order chi connectivity index (χ1) is 6.16. The van der Waals surface area contributed by atoms with Crippen LogP contribution in [0.2, 0.25) is 0 Å². The largest absolute Gasteiger partial charge is 0.313 e. The molecule has 2 unspecified atom stereocenters. The van der Waals surface area contributed by atoms with Gasteiger partial charge in [0.15, 0.2) is 0 Å². The SMILES string of the molecule is CCNC(C)C(C)N(C)C1CCC1. The Morgan fingerprint density at radius 1 is 1.38 bits per heavy atom. The van der Waals surface area contributed by atoms with Crippen LogP contribution in [0.4, 0.5) is 0 Å². The van der Waals surface area contributed by atoms with Crippen molar-refractivity contribution in [3.63, 3.8) is 0 Å². The van der Waals surface area contributed by atoms with Gasteiger partial charge in [-0.2, -0.15) is 0 Å². The summed E-state index contributed by atoms with van der Waals surface area (Å²) < 4.78 is 0. The molecule has 0 radical (unpaired) electrons. The van der Waals surface area contributed by atoms with Gasteiger partial charge in [-0.1, -0.05) is 13.3 Å². The molecular formula is C11H24N2.